The van der Waals surface area contributed by atoms with Crippen LogP contribution in [0, 0.1) is 19.8 Å². The Morgan fingerprint density at radius 1 is 1.30 bits per heavy atom. The van der Waals surface area contributed by atoms with Crippen LogP contribution in [0.2, 0.25) is 0 Å². The maximum atomic E-state index is 4.79. The average Bonchev–Trinajstić information content (AvgIpc) is 2.86. The van der Waals surface area contributed by atoms with Crippen LogP contribution >= 0.6 is 0 Å². The van der Waals surface area contributed by atoms with Crippen molar-refractivity contribution in [3.05, 3.63) is 17.0 Å². The monoisotopic (exact) mass is 376 g/mol. The van der Waals surface area contributed by atoms with E-state index in [9.17, 15) is 0 Å². The molecule has 154 valence electrons. The number of rotatable bonds is 8. The first-order valence-corrected chi connectivity index (χ1v) is 10.7. The van der Waals surface area contributed by atoms with Gasteiger partial charge in [0.15, 0.2) is 5.96 Å². The first-order chi connectivity index (χ1) is 12.9. The Bertz CT molecular complexity index is 598. The van der Waals surface area contributed by atoms with Crippen molar-refractivity contribution in [3.63, 3.8) is 0 Å². The lowest BCUT2D eigenvalue weighted by Crippen LogP contribution is -2.43. The minimum Gasteiger partial charge on any atom is -0.357 e. The van der Waals surface area contributed by atoms with Crippen LogP contribution in [0.25, 0.3) is 0 Å². The molecule has 2 N–H and O–H groups in total. The fourth-order valence-corrected chi connectivity index (χ4v) is 3.79. The number of piperidine rings is 1. The molecule has 0 amide bonds. The Balaban J connectivity index is 1.80. The number of likely N-dealkylation sites (tertiary alicyclic amines) is 1. The molecule has 1 aromatic heterocycles. The van der Waals surface area contributed by atoms with Crippen molar-refractivity contribution >= 4 is 5.96 Å². The molecular weight excluding hydrogens is 336 g/mol. The average molecular weight is 377 g/mol. The topological polar surface area (TPSA) is 57.5 Å². The van der Waals surface area contributed by atoms with Crippen LogP contribution in [0.15, 0.2) is 4.99 Å². The summed E-state index contributed by atoms with van der Waals surface area (Å²) in [6, 6.07) is 0.313. The van der Waals surface area contributed by atoms with Gasteiger partial charge in [0, 0.05) is 31.9 Å². The van der Waals surface area contributed by atoms with E-state index in [0.29, 0.717) is 6.04 Å². The molecule has 2 rings (SSSR count). The van der Waals surface area contributed by atoms with Crippen molar-refractivity contribution in [1.29, 1.82) is 0 Å². The van der Waals surface area contributed by atoms with Gasteiger partial charge in [-0.3, -0.25) is 9.67 Å². The quantitative estimate of drug-likeness (QED) is 0.416. The summed E-state index contributed by atoms with van der Waals surface area (Å²) in [6.45, 7) is 16.4. The van der Waals surface area contributed by atoms with E-state index in [2.05, 4.69) is 55.3 Å². The Labute approximate surface area is 165 Å². The predicted octanol–water partition coefficient (Wildman–Crippen LogP) is 2.65. The predicted molar refractivity (Wildman–Crippen MR) is 114 cm³/mol. The van der Waals surface area contributed by atoms with E-state index in [1.54, 1.807) is 0 Å². The van der Waals surface area contributed by atoms with Gasteiger partial charge >= 0.3 is 0 Å². The second-order valence-corrected chi connectivity index (χ2v) is 8.16. The number of guanidine groups is 1. The second kappa shape index (κ2) is 10.7. The van der Waals surface area contributed by atoms with E-state index in [-0.39, 0.29) is 0 Å². The molecule has 0 spiro atoms. The van der Waals surface area contributed by atoms with Crippen molar-refractivity contribution in [2.24, 2.45) is 18.0 Å². The molecule has 0 bridgehead atoms. The number of nitrogens with one attached hydrogen (secondary N) is 2. The third-order valence-electron chi connectivity index (χ3n) is 5.68. The minimum atomic E-state index is 0.313. The highest BCUT2D eigenvalue weighted by Gasteiger charge is 2.15. The van der Waals surface area contributed by atoms with Crippen LogP contribution in [0.1, 0.15) is 57.0 Å². The summed E-state index contributed by atoms with van der Waals surface area (Å²) in [6.07, 6.45) is 4.78. The second-order valence-electron chi connectivity index (χ2n) is 8.16. The maximum absolute atomic E-state index is 4.79. The summed E-state index contributed by atoms with van der Waals surface area (Å²) < 4.78 is 1.97. The summed E-state index contributed by atoms with van der Waals surface area (Å²) in [5.74, 6) is 1.83. The van der Waals surface area contributed by atoms with Crippen molar-refractivity contribution in [1.82, 2.24) is 25.3 Å². The molecule has 1 unspecified atom stereocenters. The van der Waals surface area contributed by atoms with Crippen LogP contribution in [-0.2, 0) is 13.5 Å². The first-order valence-electron chi connectivity index (χ1n) is 10.7. The first kappa shape index (κ1) is 21.7. The zero-order valence-corrected chi connectivity index (χ0v) is 18.3. The molecule has 1 saturated heterocycles. The Morgan fingerprint density at radius 3 is 2.59 bits per heavy atom. The van der Waals surface area contributed by atoms with E-state index in [1.165, 1.54) is 43.7 Å². The molecule has 6 heteroatoms. The molecule has 1 atom stereocenters. The molecule has 2 heterocycles. The van der Waals surface area contributed by atoms with Crippen molar-refractivity contribution < 1.29 is 0 Å². The largest absolute Gasteiger partial charge is 0.357 e. The van der Waals surface area contributed by atoms with Gasteiger partial charge in [0.2, 0.25) is 0 Å². The number of aromatic nitrogens is 2. The minimum absolute atomic E-state index is 0.313. The molecule has 27 heavy (non-hydrogen) atoms. The van der Waals surface area contributed by atoms with Gasteiger partial charge in [0.05, 0.1) is 5.69 Å². The maximum Gasteiger partial charge on any atom is 0.191 e. The number of nitrogens with zero attached hydrogens (tertiary/aromatic N) is 4. The molecule has 0 aromatic carbocycles. The third kappa shape index (κ3) is 6.83. The SMILES string of the molecule is CCNC(=NCCCN1CCC(C)CC1)NC(C)Cc1c(C)nn(C)c1C. The number of hydrogen-bond donors (Lipinski definition) is 2. The van der Waals surface area contributed by atoms with Crippen LogP contribution in [0.3, 0.4) is 0 Å². The zero-order chi connectivity index (χ0) is 19.8. The van der Waals surface area contributed by atoms with Gasteiger partial charge in [-0.1, -0.05) is 6.92 Å². The summed E-state index contributed by atoms with van der Waals surface area (Å²) in [5.41, 5.74) is 3.72. The molecular formula is C21H40N6. The standard InChI is InChI=1S/C21H40N6/c1-7-22-21(23-11-8-12-27-13-9-16(2)10-14-27)24-17(3)15-20-18(4)25-26(6)19(20)5/h16-17H,7-15H2,1-6H3,(H2,22,23,24). The summed E-state index contributed by atoms with van der Waals surface area (Å²) in [5, 5.41) is 11.5. The molecule has 0 radical (unpaired) electrons. The fourth-order valence-electron chi connectivity index (χ4n) is 3.79. The molecule has 1 aliphatic rings. The van der Waals surface area contributed by atoms with Crippen molar-refractivity contribution in [3.8, 4) is 0 Å². The van der Waals surface area contributed by atoms with Crippen LogP contribution < -0.4 is 10.6 Å². The van der Waals surface area contributed by atoms with Gasteiger partial charge in [0.1, 0.15) is 0 Å². The number of aryl methyl sites for hydroxylation is 2. The Hall–Kier alpha value is -1.56. The lowest BCUT2D eigenvalue weighted by molar-refractivity contribution is 0.192. The smallest absolute Gasteiger partial charge is 0.191 e. The summed E-state index contributed by atoms with van der Waals surface area (Å²) in [4.78, 5) is 7.38. The molecule has 1 fully saturated rings. The summed E-state index contributed by atoms with van der Waals surface area (Å²) in [7, 11) is 2.01. The highest BCUT2D eigenvalue weighted by Crippen LogP contribution is 2.16. The van der Waals surface area contributed by atoms with E-state index >= 15 is 0 Å². The molecule has 6 nitrogen and oxygen atoms in total. The fraction of sp³-hybridized carbons (Fsp3) is 0.810. The Morgan fingerprint density at radius 2 is 2.00 bits per heavy atom. The molecule has 1 aromatic rings. The van der Waals surface area contributed by atoms with Gasteiger partial charge in [-0.25, -0.2) is 0 Å². The normalized spacial score (nSPS) is 17.9. The number of hydrogen-bond acceptors (Lipinski definition) is 3. The number of aliphatic imine (C=N–C) groups is 1. The molecule has 0 aliphatic carbocycles. The highest BCUT2D eigenvalue weighted by atomic mass is 15.3. The van der Waals surface area contributed by atoms with Crippen molar-refractivity contribution in [2.75, 3.05) is 32.7 Å². The van der Waals surface area contributed by atoms with Gasteiger partial charge in [0.25, 0.3) is 0 Å². The van der Waals surface area contributed by atoms with Crippen molar-refractivity contribution in [2.45, 2.75) is 66.3 Å². The van der Waals surface area contributed by atoms with Crippen LogP contribution in [0.4, 0.5) is 0 Å². The van der Waals surface area contributed by atoms with Crippen LogP contribution in [0.5, 0.6) is 0 Å². The zero-order valence-electron chi connectivity index (χ0n) is 18.3. The van der Waals surface area contributed by atoms with Gasteiger partial charge in [-0.2, -0.15) is 5.10 Å². The van der Waals surface area contributed by atoms with Gasteiger partial charge < -0.3 is 15.5 Å². The van der Waals surface area contributed by atoms with Gasteiger partial charge in [-0.05, 0) is 84.5 Å². The lowest BCUT2D eigenvalue weighted by atomic mass is 9.99. The van der Waals surface area contributed by atoms with E-state index in [0.717, 1.165) is 43.5 Å². The summed E-state index contributed by atoms with van der Waals surface area (Å²) >= 11 is 0. The Kier molecular flexibility index (Phi) is 8.61. The molecule has 1 aliphatic heterocycles. The molecule has 0 saturated carbocycles. The van der Waals surface area contributed by atoms with E-state index < -0.39 is 0 Å². The third-order valence-corrected chi connectivity index (χ3v) is 5.68. The van der Waals surface area contributed by atoms with Gasteiger partial charge in [-0.15, -0.1) is 0 Å². The van der Waals surface area contributed by atoms with E-state index in [4.69, 9.17) is 4.99 Å². The lowest BCUT2D eigenvalue weighted by Gasteiger charge is -2.29. The van der Waals surface area contributed by atoms with Crippen LogP contribution in [-0.4, -0.2) is 59.4 Å². The highest BCUT2D eigenvalue weighted by molar-refractivity contribution is 5.80. The van der Waals surface area contributed by atoms with E-state index in [1.807, 2.05) is 11.7 Å².